The van der Waals surface area contributed by atoms with Crippen LogP contribution < -0.4 is 9.64 Å². The Morgan fingerprint density at radius 3 is 2.59 bits per heavy atom. The molecule has 1 aliphatic heterocycles. The second-order valence-electron chi connectivity index (χ2n) is 5.44. The number of esters is 1. The first-order chi connectivity index (χ1) is 10.5. The summed E-state index contributed by atoms with van der Waals surface area (Å²) < 4.78 is 33.7. The summed E-state index contributed by atoms with van der Waals surface area (Å²) in [5, 5.41) is 0. The Bertz CT molecular complexity index is 493. The summed E-state index contributed by atoms with van der Waals surface area (Å²) >= 11 is 0. The molecule has 0 bridgehead atoms. The van der Waals surface area contributed by atoms with Gasteiger partial charge in [-0.1, -0.05) is 6.92 Å². The number of carbonyl (C=O) groups is 1. The fourth-order valence-corrected chi connectivity index (χ4v) is 2.82. The minimum absolute atomic E-state index is 0.0716. The lowest BCUT2D eigenvalue weighted by molar-refractivity contribution is -0.150. The molecule has 0 N–H and O–H groups in total. The minimum atomic E-state index is -2.81. The van der Waals surface area contributed by atoms with Crippen LogP contribution in [0.5, 0.6) is 5.75 Å². The maximum atomic E-state index is 12.1. The summed E-state index contributed by atoms with van der Waals surface area (Å²) in [7, 11) is 0. The van der Waals surface area contributed by atoms with E-state index < -0.39 is 6.61 Å². The van der Waals surface area contributed by atoms with Crippen LogP contribution in [-0.2, 0) is 9.53 Å². The van der Waals surface area contributed by atoms with Gasteiger partial charge in [0, 0.05) is 18.8 Å². The molecule has 0 aliphatic carbocycles. The summed E-state index contributed by atoms with van der Waals surface area (Å²) in [5.74, 6) is 0.131. The molecule has 1 aromatic rings. The van der Waals surface area contributed by atoms with Crippen LogP contribution in [0.4, 0.5) is 14.5 Å². The average Bonchev–Trinajstić information content (AvgIpc) is 2.47. The van der Waals surface area contributed by atoms with E-state index in [0.717, 1.165) is 25.2 Å². The summed E-state index contributed by atoms with van der Waals surface area (Å²) in [6.07, 6.45) is 0.731. The molecule has 0 amide bonds. The van der Waals surface area contributed by atoms with Crippen molar-refractivity contribution in [3.05, 3.63) is 24.3 Å². The number of nitrogens with zero attached hydrogens (tertiary/aromatic N) is 1. The van der Waals surface area contributed by atoms with Crippen LogP contribution in [0, 0.1) is 11.8 Å². The molecule has 1 saturated heterocycles. The zero-order valence-corrected chi connectivity index (χ0v) is 12.8. The normalized spacial score (nSPS) is 21.8. The lowest BCUT2D eigenvalue weighted by atomic mass is 9.86. The first kappa shape index (κ1) is 16.5. The van der Waals surface area contributed by atoms with Crippen LogP contribution in [0.15, 0.2) is 24.3 Å². The van der Waals surface area contributed by atoms with Gasteiger partial charge in [-0.15, -0.1) is 0 Å². The van der Waals surface area contributed by atoms with Crippen molar-refractivity contribution >= 4 is 11.7 Å². The van der Waals surface area contributed by atoms with Gasteiger partial charge in [0.05, 0.1) is 12.5 Å². The van der Waals surface area contributed by atoms with E-state index in [0.29, 0.717) is 6.61 Å². The number of halogens is 2. The van der Waals surface area contributed by atoms with Gasteiger partial charge in [0.2, 0.25) is 0 Å². The molecule has 1 fully saturated rings. The Morgan fingerprint density at radius 1 is 1.36 bits per heavy atom. The molecule has 1 aliphatic rings. The predicted molar refractivity (Wildman–Crippen MR) is 79.2 cm³/mol. The van der Waals surface area contributed by atoms with Crippen molar-refractivity contribution < 1.29 is 23.0 Å². The second kappa shape index (κ2) is 7.42. The van der Waals surface area contributed by atoms with E-state index in [1.165, 1.54) is 12.1 Å². The van der Waals surface area contributed by atoms with Crippen LogP contribution in [0.3, 0.4) is 0 Å². The predicted octanol–water partition coefficient (Wildman–Crippen LogP) is 3.31. The number of hydrogen-bond acceptors (Lipinski definition) is 4. The van der Waals surface area contributed by atoms with Gasteiger partial charge in [0.25, 0.3) is 0 Å². The molecule has 122 valence electrons. The fourth-order valence-electron chi connectivity index (χ4n) is 2.82. The SMILES string of the molecule is CCOC(=O)[C@@H]1CCN(c2ccc(OC(F)F)cc2)C[C@@H]1C. The average molecular weight is 313 g/mol. The number of hydrogen-bond donors (Lipinski definition) is 0. The number of ether oxygens (including phenoxy) is 2. The molecule has 0 saturated carbocycles. The number of carbonyl (C=O) groups excluding carboxylic acids is 1. The van der Waals surface area contributed by atoms with Gasteiger partial charge in [-0.05, 0) is 43.5 Å². The molecule has 4 nitrogen and oxygen atoms in total. The summed E-state index contributed by atoms with van der Waals surface area (Å²) in [6.45, 7) is 2.90. The molecule has 2 atom stereocenters. The van der Waals surface area contributed by atoms with Crippen LogP contribution in [0.2, 0.25) is 0 Å². The van der Waals surface area contributed by atoms with Gasteiger partial charge in [-0.3, -0.25) is 4.79 Å². The molecule has 22 heavy (non-hydrogen) atoms. The number of alkyl halides is 2. The quantitative estimate of drug-likeness (QED) is 0.782. The third kappa shape index (κ3) is 4.08. The topological polar surface area (TPSA) is 38.8 Å². The largest absolute Gasteiger partial charge is 0.466 e. The monoisotopic (exact) mass is 313 g/mol. The Balaban J connectivity index is 1.96. The van der Waals surface area contributed by atoms with E-state index in [4.69, 9.17) is 4.74 Å². The Labute approximate surface area is 129 Å². The van der Waals surface area contributed by atoms with Crippen LogP contribution in [0.25, 0.3) is 0 Å². The van der Waals surface area contributed by atoms with Gasteiger partial charge >= 0.3 is 12.6 Å². The Kier molecular flexibility index (Phi) is 5.57. The third-order valence-corrected chi connectivity index (χ3v) is 3.92. The second-order valence-corrected chi connectivity index (χ2v) is 5.44. The lowest BCUT2D eigenvalue weighted by Gasteiger charge is -2.37. The molecule has 1 heterocycles. The molecule has 2 rings (SSSR count). The minimum Gasteiger partial charge on any atom is -0.466 e. The zero-order valence-electron chi connectivity index (χ0n) is 12.8. The van der Waals surface area contributed by atoms with Crippen molar-refractivity contribution in [1.29, 1.82) is 0 Å². The van der Waals surface area contributed by atoms with Crippen molar-refractivity contribution in [3.63, 3.8) is 0 Å². The third-order valence-electron chi connectivity index (χ3n) is 3.92. The van der Waals surface area contributed by atoms with Crippen molar-refractivity contribution in [1.82, 2.24) is 0 Å². The van der Waals surface area contributed by atoms with E-state index >= 15 is 0 Å². The van der Waals surface area contributed by atoms with Crippen molar-refractivity contribution in [2.75, 3.05) is 24.6 Å². The smallest absolute Gasteiger partial charge is 0.387 e. The van der Waals surface area contributed by atoms with Crippen molar-refractivity contribution in [2.45, 2.75) is 26.9 Å². The number of benzene rings is 1. The van der Waals surface area contributed by atoms with E-state index in [-0.39, 0.29) is 23.6 Å². The highest BCUT2D eigenvalue weighted by atomic mass is 19.3. The highest BCUT2D eigenvalue weighted by molar-refractivity contribution is 5.73. The summed E-state index contributed by atoms with van der Waals surface area (Å²) in [6, 6.07) is 6.58. The van der Waals surface area contributed by atoms with Crippen molar-refractivity contribution in [2.24, 2.45) is 11.8 Å². The first-order valence-corrected chi connectivity index (χ1v) is 7.47. The van der Waals surface area contributed by atoms with Crippen LogP contribution in [-0.4, -0.2) is 32.3 Å². The molecule has 6 heteroatoms. The van der Waals surface area contributed by atoms with Gasteiger partial charge < -0.3 is 14.4 Å². The highest BCUT2D eigenvalue weighted by Gasteiger charge is 2.32. The Morgan fingerprint density at radius 2 is 2.05 bits per heavy atom. The molecule has 0 unspecified atom stereocenters. The van der Waals surface area contributed by atoms with Crippen LogP contribution >= 0.6 is 0 Å². The van der Waals surface area contributed by atoms with Crippen LogP contribution in [0.1, 0.15) is 20.3 Å². The summed E-state index contributed by atoms with van der Waals surface area (Å²) in [4.78, 5) is 14.0. The maximum absolute atomic E-state index is 12.1. The molecule has 0 spiro atoms. The molecule has 0 radical (unpaired) electrons. The highest BCUT2D eigenvalue weighted by Crippen LogP contribution is 2.29. The van der Waals surface area contributed by atoms with Crippen molar-refractivity contribution in [3.8, 4) is 5.75 Å². The molecular weight excluding hydrogens is 292 g/mol. The van der Waals surface area contributed by atoms with Gasteiger partial charge in [-0.2, -0.15) is 8.78 Å². The molecule has 1 aromatic carbocycles. The van der Waals surface area contributed by atoms with E-state index in [9.17, 15) is 13.6 Å². The van der Waals surface area contributed by atoms with Gasteiger partial charge in [0.1, 0.15) is 5.75 Å². The number of piperidine rings is 1. The lowest BCUT2D eigenvalue weighted by Crippen LogP contribution is -2.42. The van der Waals surface area contributed by atoms with Gasteiger partial charge in [0.15, 0.2) is 0 Å². The standard InChI is InChI=1S/C16H21F2NO3/c1-3-21-15(20)14-8-9-19(10-11(14)2)12-4-6-13(7-5-12)22-16(17)18/h4-7,11,14,16H,3,8-10H2,1-2H3/t11-,14+/m0/s1. The van der Waals surface area contributed by atoms with E-state index in [1.807, 2.05) is 6.92 Å². The first-order valence-electron chi connectivity index (χ1n) is 7.47. The number of anilines is 1. The van der Waals surface area contributed by atoms with E-state index in [2.05, 4.69) is 9.64 Å². The summed E-state index contributed by atoms with van der Waals surface area (Å²) in [5.41, 5.74) is 0.941. The number of rotatable bonds is 5. The molecule has 0 aromatic heterocycles. The Hall–Kier alpha value is -1.85. The maximum Gasteiger partial charge on any atom is 0.387 e. The molecular formula is C16H21F2NO3. The fraction of sp³-hybridized carbons (Fsp3) is 0.562. The zero-order chi connectivity index (χ0) is 16.1. The van der Waals surface area contributed by atoms with E-state index in [1.54, 1.807) is 19.1 Å². The van der Waals surface area contributed by atoms with Gasteiger partial charge in [-0.25, -0.2) is 0 Å².